The molecule has 15 heteroatoms. The van der Waals surface area contributed by atoms with E-state index in [0.717, 1.165) is 26.2 Å². The van der Waals surface area contributed by atoms with Gasteiger partial charge < -0.3 is 19.5 Å². The number of aliphatic carboxylic acids is 2. The lowest BCUT2D eigenvalue weighted by molar-refractivity contribution is -0.193. The van der Waals surface area contributed by atoms with Gasteiger partial charge in [0, 0.05) is 62.8 Å². The summed E-state index contributed by atoms with van der Waals surface area (Å²) in [5.74, 6) is -4.88. The number of aryl methyl sites for hydroxylation is 1. The van der Waals surface area contributed by atoms with Crippen LogP contribution in [-0.4, -0.2) is 79.0 Å². The average molecular weight is 528 g/mol. The highest BCUT2D eigenvalue weighted by Crippen LogP contribution is 2.36. The Balaban J connectivity index is 0.000000271. The maximum absolute atomic E-state index is 10.6. The third kappa shape index (κ3) is 8.86. The lowest BCUT2D eigenvalue weighted by atomic mass is 10.0. The van der Waals surface area contributed by atoms with Crippen LogP contribution in [0.3, 0.4) is 0 Å². The van der Waals surface area contributed by atoms with Crippen LogP contribution in [0.2, 0.25) is 0 Å². The molecule has 0 spiro atoms. The lowest BCUT2D eigenvalue weighted by Gasteiger charge is -2.39. The Hall–Kier alpha value is -3.07. The summed E-state index contributed by atoms with van der Waals surface area (Å²) in [4.78, 5) is 20.4. The van der Waals surface area contributed by atoms with E-state index in [1.54, 1.807) is 0 Å². The van der Waals surface area contributed by atoms with Crippen molar-refractivity contribution in [2.24, 2.45) is 13.0 Å². The van der Waals surface area contributed by atoms with E-state index in [-0.39, 0.29) is 0 Å². The van der Waals surface area contributed by atoms with Gasteiger partial charge in [-0.1, -0.05) is 0 Å². The number of alkyl halides is 6. The smallest absolute Gasteiger partial charge is 0.475 e. The Morgan fingerprint density at radius 2 is 1.61 bits per heavy atom. The van der Waals surface area contributed by atoms with Crippen molar-refractivity contribution in [3.8, 4) is 0 Å². The minimum Gasteiger partial charge on any atom is -0.475 e. The molecule has 0 radical (unpaired) electrons. The van der Waals surface area contributed by atoms with Gasteiger partial charge in [0.05, 0.1) is 18.9 Å². The van der Waals surface area contributed by atoms with Crippen molar-refractivity contribution in [3.63, 3.8) is 0 Å². The van der Waals surface area contributed by atoms with Gasteiger partial charge in [0.1, 0.15) is 0 Å². The van der Waals surface area contributed by atoms with E-state index >= 15 is 0 Å². The summed E-state index contributed by atoms with van der Waals surface area (Å²) < 4.78 is 73.8. The van der Waals surface area contributed by atoms with Crippen LogP contribution < -0.4 is 0 Å². The molecule has 1 aliphatic heterocycles. The zero-order valence-electron chi connectivity index (χ0n) is 19.1. The molecule has 2 aliphatic rings. The van der Waals surface area contributed by atoms with Crippen LogP contribution in [-0.2, 0) is 34.5 Å². The first-order valence-electron chi connectivity index (χ1n) is 10.7. The molecule has 0 amide bonds. The second-order valence-corrected chi connectivity index (χ2v) is 8.22. The van der Waals surface area contributed by atoms with Gasteiger partial charge in [-0.25, -0.2) is 9.59 Å². The van der Waals surface area contributed by atoms with E-state index in [4.69, 9.17) is 24.5 Å². The van der Waals surface area contributed by atoms with Gasteiger partial charge in [0.2, 0.25) is 0 Å². The third-order valence-electron chi connectivity index (χ3n) is 5.58. The van der Waals surface area contributed by atoms with Gasteiger partial charge in [-0.2, -0.15) is 31.4 Å². The largest absolute Gasteiger partial charge is 0.490 e. The van der Waals surface area contributed by atoms with Gasteiger partial charge in [0.15, 0.2) is 0 Å². The molecule has 1 saturated heterocycles. The molecular formula is C21H26F6N4O5. The summed E-state index contributed by atoms with van der Waals surface area (Å²) in [5, 5.41) is 18.5. The van der Waals surface area contributed by atoms with Crippen molar-refractivity contribution in [1.29, 1.82) is 0 Å². The zero-order valence-corrected chi connectivity index (χ0v) is 19.1. The van der Waals surface area contributed by atoms with Crippen LogP contribution in [0.25, 0.3) is 0 Å². The van der Waals surface area contributed by atoms with Gasteiger partial charge in [0.25, 0.3) is 0 Å². The number of carboxylic acids is 2. The molecule has 3 unspecified atom stereocenters. The molecule has 4 rings (SSSR count). The molecule has 2 aromatic rings. The van der Waals surface area contributed by atoms with Crippen molar-refractivity contribution in [2.45, 2.75) is 50.4 Å². The van der Waals surface area contributed by atoms with Crippen molar-refractivity contribution in [2.75, 3.05) is 13.2 Å². The molecule has 2 aromatic heterocycles. The number of hydrogen-bond acceptors (Lipinski definition) is 5. The minimum absolute atomic E-state index is 0.382. The Kier molecular flexibility index (Phi) is 9.93. The number of halogens is 6. The molecule has 1 saturated carbocycles. The van der Waals surface area contributed by atoms with Crippen molar-refractivity contribution in [1.82, 2.24) is 19.2 Å². The molecule has 1 aliphatic carbocycles. The first-order valence-corrected chi connectivity index (χ1v) is 10.7. The van der Waals surface area contributed by atoms with E-state index < -0.39 is 24.3 Å². The Labute approximate surface area is 201 Å². The molecule has 0 bridgehead atoms. The molecule has 9 nitrogen and oxygen atoms in total. The van der Waals surface area contributed by atoms with Gasteiger partial charge in [-0.15, -0.1) is 0 Å². The predicted molar refractivity (Wildman–Crippen MR) is 112 cm³/mol. The van der Waals surface area contributed by atoms with Gasteiger partial charge >= 0.3 is 24.3 Å². The number of carbonyl (C=O) groups is 2. The van der Waals surface area contributed by atoms with Crippen LogP contribution in [0, 0.1) is 5.92 Å². The van der Waals surface area contributed by atoms with Crippen LogP contribution in [0.1, 0.15) is 18.4 Å². The second-order valence-electron chi connectivity index (χ2n) is 8.22. The summed E-state index contributed by atoms with van der Waals surface area (Å²) in [6.45, 7) is 3.96. The lowest BCUT2D eigenvalue weighted by Crippen LogP contribution is -2.50. The Bertz CT molecular complexity index is 952. The van der Waals surface area contributed by atoms with Crippen molar-refractivity contribution < 1.29 is 50.9 Å². The van der Waals surface area contributed by atoms with Crippen LogP contribution in [0.5, 0.6) is 0 Å². The SMILES string of the molecule is Cn1cc(CN2CCOC3C(Cn4cccc4)CCC32)cn1.O=C(O)C(F)(F)F.O=C(O)C(F)(F)F. The molecular weight excluding hydrogens is 502 g/mol. The Morgan fingerprint density at radius 1 is 1.06 bits per heavy atom. The first-order chi connectivity index (χ1) is 16.7. The summed E-state index contributed by atoms with van der Waals surface area (Å²) in [5.41, 5.74) is 1.30. The molecule has 202 valence electrons. The highest BCUT2D eigenvalue weighted by Gasteiger charge is 2.42. The summed E-state index contributed by atoms with van der Waals surface area (Å²) >= 11 is 0. The topological polar surface area (TPSA) is 110 Å². The highest BCUT2D eigenvalue weighted by molar-refractivity contribution is 5.73. The van der Waals surface area contributed by atoms with Crippen molar-refractivity contribution in [3.05, 3.63) is 42.5 Å². The van der Waals surface area contributed by atoms with E-state index in [0.29, 0.717) is 18.1 Å². The fraction of sp³-hybridized carbons (Fsp3) is 0.571. The number of morpholine rings is 1. The number of ether oxygens (including phenoxy) is 1. The summed E-state index contributed by atoms with van der Waals surface area (Å²) in [6, 6.07) is 4.76. The average Bonchev–Trinajstić information content (AvgIpc) is 3.51. The number of nitrogens with zero attached hydrogens (tertiary/aromatic N) is 4. The van der Waals surface area contributed by atoms with E-state index in [1.807, 2.05) is 17.9 Å². The van der Waals surface area contributed by atoms with Crippen LogP contribution >= 0.6 is 0 Å². The quantitative estimate of drug-likeness (QED) is 0.587. The standard InChI is InChI=1S/C17H24N4O.2C2HF3O2/c1-19-11-14(10-18-19)12-21-8-9-22-17-15(4-5-16(17)21)13-20-6-2-3-7-20;2*3-2(4,5)1(6)7/h2-3,6-7,10-11,15-17H,4-5,8-9,12-13H2,1H3;2*(H,6,7). The maximum Gasteiger partial charge on any atom is 0.490 e. The molecule has 3 atom stereocenters. The summed E-state index contributed by atoms with van der Waals surface area (Å²) in [7, 11) is 1.98. The number of aromatic nitrogens is 3. The first kappa shape index (κ1) is 29.2. The van der Waals surface area contributed by atoms with Crippen molar-refractivity contribution >= 4 is 11.9 Å². The zero-order chi connectivity index (χ0) is 27.1. The van der Waals surface area contributed by atoms with E-state index in [1.165, 1.54) is 18.4 Å². The fourth-order valence-corrected chi connectivity index (χ4v) is 4.08. The van der Waals surface area contributed by atoms with Crippen LogP contribution in [0.4, 0.5) is 26.3 Å². The maximum atomic E-state index is 10.6. The highest BCUT2D eigenvalue weighted by atomic mass is 19.4. The van der Waals surface area contributed by atoms with Gasteiger partial charge in [-0.3, -0.25) is 9.58 Å². The molecule has 0 aromatic carbocycles. The fourth-order valence-electron chi connectivity index (χ4n) is 4.08. The van der Waals surface area contributed by atoms with E-state index in [9.17, 15) is 26.3 Å². The second kappa shape index (κ2) is 12.3. The van der Waals surface area contributed by atoms with E-state index in [2.05, 4.69) is 45.3 Å². The molecule has 3 heterocycles. The molecule has 36 heavy (non-hydrogen) atoms. The number of rotatable bonds is 4. The monoisotopic (exact) mass is 528 g/mol. The summed E-state index contributed by atoms with van der Waals surface area (Å²) in [6.07, 6.45) is 1.14. The number of hydrogen-bond donors (Lipinski definition) is 2. The molecule has 2 N–H and O–H groups in total. The third-order valence-corrected chi connectivity index (χ3v) is 5.58. The predicted octanol–water partition coefficient (Wildman–Crippen LogP) is 3.17. The number of fused-ring (bicyclic) bond motifs is 1. The van der Waals surface area contributed by atoms with Crippen LogP contribution in [0.15, 0.2) is 36.9 Å². The van der Waals surface area contributed by atoms with Gasteiger partial charge in [-0.05, 0) is 25.0 Å². The Morgan fingerprint density at radius 3 is 2.08 bits per heavy atom. The molecule has 2 fully saturated rings. The normalized spacial score (nSPS) is 22.0. The minimum atomic E-state index is -5.08. The number of carboxylic acid groups (broad SMARTS) is 2.